The largest absolute Gasteiger partial charge is 0.497 e. The van der Waals surface area contributed by atoms with E-state index in [-0.39, 0.29) is 0 Å². The van der Waals surface area contributed by atoms with E-state index in [2.05, 4.69) is 117 Å². The predicted octanol–water partition coefficient (Wildman–Crippen LogP) is 9.84. The summed E-state index contributed by atoms with van der Waals surface area (Å²) in [4.78, 5) is 0. The van der Waals surface area contributed by atoms with Gasteiger partial charge in [0.1, 0.15) is 11.5 Å². The zero-order valence-electron chi connectivity index (χ0n) is 25.4. The third-order valence-corrected chi connectivity index (χ3v) is 5.34. The topological polar surface area (TPSA) is 18.5 Å². The molecular weight excluding hydrogens is 452 g/mol. The maximum atomic E-state index is 5.17. The Morgan fingerprint density at radius 1 is 0.432 bits per heavy atom. The van der Waals surface area contributed by atoms with Crippen molar-refractivity contribution in [3.63, 3.8) is 0 Å². The molecule has 0 N–H and O–H groups in total. The van der Waals surface area contributed by atoms with Gasteiger partial charge in [-0.1, -0.05) is 117 Å². The van der Waals surface area contributed by atoms with Crippen molar-refractivity contribution in [2.45, 2.75) is 81.6 Å². The molecule has 0 atom stereocenters. The zero-order chi connectivity index (χ0) is 28.1. The van der Waals surface area contributed by atoms with E-state index >= 15 is 0 Å². The van der Waals surface area contributed by atoms with E-state index in [1.165, 1.54) is 16.7 Å². The van der Waals surface area contributed by atoms with Crippen molar-refractivity contribution in [2.75, 3.05) is 14.2 Å². The fourth-order valence-electron chi connectivity index (χ4n) is 3.96. The van der Waals surface area contributed by atoms with Crippen LogP contribution >= 0.6 is 0 Å². The van der Waals surface area contributed by atoms with E-state index in [1.54, 1.807) is 14.2 Å². The van der Waals surface area contributed by atoms with Crippen LogP contribution in [0.1, 0.15) is 79.0 Å². The van der Waals surface area contributed by atoms with Crippen LogP contribution in [0.5, 0.6) is 11.5 Å². The molecular formula is C35H52O2. The molecule has 204 valence electrons. The first-order valence-electron chi connectivity index (χ1n) is 13.4. The first kappa shape index (κ1) is 32.3. The Bertz CT molecular complexity index is 998. The van der Waals surface area contributed by atoms with Crippen LogP contribution in [0.2, 0.25) is 0 Å². The molecule has 0 amide bonds. The van der Waals surface area contributed by atoms with E-state index in [0.717, 1.165) is 30.8 Å². The Hall–Kier alpha value is -2.74. The molecule has 37 heavy (non-hydrogen) atoms. The average molecular weight is 505 g/mol. The van der Waals surface area contributed by atoms with E-state index in [4.69, 9.17) is 9.47 Å². The van der Waals surface area contributed by atoms with E-state index in [1.807, 2.05) is 24.3 Å². The van der Waals surface area contributed by atoms with Crippen LogP contribution in [-0.4, -0.2) is 14.2 Å². The molecule has 0 bridgehead atoms. The van der Waals surface area contributed by atoms with Gasteiger partial charge in [0, 0.05) is 0 Å². The van der Waals surface area contributed by atoms with Crippen LogP contribution in [-0.2, 0) is 19.3 Å². The lowest BCUT2D eigenvalue weighted by Gasteiger charge is -2.18. The molecule has 0 aromatic heterocycles. The third kappa shape index (κ3) is 16.6. The number of benzene rings is 3. The number of methoxy groups -OCH3 is 2. The number of hydrogen-bond donors (Lipinski definition) is 0. The number of hydrogen-bond acceptors (Lipinski definition) is 2. The van der Waals surface area contributed by atoms with E-state index in [0.29, 0.717) is 16.2 Å². The molecule has 0 aliphatic heterocycles. The highest BCUT2D eigenvalue weighted by atomic mass is 16.5. The minimum absolute atomic E-state index is 0.340. The summed E-state index contributed by atoms with van der Waals surface area (Å²) in [6.45, 7) is 20.3. The SMILES string of the molecule is CC(C)(C)Cc1ccccc1.COc1ccc(CC(C)(C)C)cc1.COc1cccc(CC(C)(C)C)c1. The lowest BCUT2D eigenvalue weighted by molar-refractivity contribution is 0.402. The minimum Gasteiger partial charge on any atom is -0.497 e. The van der Waals surface area contributed by atoms with Crippen LogP contribution in [0, 0.1) is 16.2 Å². The maximum Gasteiger partial charge on any atom is 0.119 e. The molecule has 3 aromatic carbocycles. The Morgan fingerprint density at radius 3 is 1.27 bits per heavy atom. The maximum absolute atomic E-state index is 5.17. The Kier molecular flexibility index (Phi) is 13.0. The molecule has 0 spiro atoms. The monoisotopic (exact) mass is 504 g/mol. The van der Waals surface area contributed by atoms with Gasteiger partial charge in [-0.15, -0.1) is 0 Å². The summed E-state index contributed by atoms with van der Waals surface area (Å²) in [6.07, 6.45) is 3.36. The molecule has 0 aliphatic carbocycles. The smallest absolute Gasteiger partial charge is 0.119 e. The Balaban J connectivity index is 0.000000279. The molecule has 0 radical (unpaired) electrons. The fraction of sp³-hybridized carbons (Fsp3) is 0.486. The van der Waals surface area contributed by atoms with E-state index < -0.39 is 0 Å². The molecule has 3 rings (SSSR count). The third-order valence-electron chi connectivity index (χ3n) is 5.34. The van der Waals surface area contributed by atoms with Crippen LogP contribution in [0.3, 0.4) is 0 Å². The molecule has 2 heteroatoms. The lowest BCUT2D eigenvalue weighted by Crippen LogP contribution is -2.08. The number of ether oxygens (including phenoxy) is 2. The summed E-state index contributed by atoms with van der Waals surface area (Å²) in [7, 11) is 3.40. The van der Waals surface area contributed by atoms with Crippen molar-refractivity contribution in [3.05, 3.63) is 95.6 Å². The van der Waals surface area contributed by atoms with Crippen molar-refractivity contribution >= 4 is 0 Å². The second-order valence-corrected chi connectivity index (χ2v) is 13.4. The van der Waals surface area contributed by atoms with Gasteiger partial charge in [-0.25, -0.2) is 0 Å². The molecule has 0 heterocycles. The molecule has 0 unspecified atom stereocenters. The predicted molar refractivity (Wildman–Crippen MR) is 162 cm³/mol. The first-order valence-corrected chi connectivity index (χ1v) is 13.4. The van der Waals surface area contributed by atoms with Gasteiger partial charge >= 0.3 is 0 Å². The lowest BCUT2D eigenvalue weighted by atomic mass is 9.88. The van der Waals surface area contributed by atoms with Crippen molar-refractivity contribution in [3.8, 4) is 11.5 Å². The van der Waals surface area contributed by atoms with Gasteiger partial charge < -0.3 is 9.47 Å². The summed E-state index contributed by atoms with van der Waals surface area (Å²) < 4.78 is 10.3. The molecule has 3 aromatic rings. The normalized spacial score (nSPS) is 11.4. The van der Waals surface area contributed by atoms with Crippen molar-refractivity contribution in [1.82, 2.24) is 0 Å². The highest BCUT2D eigenvalue weighted by Crippen LogP contribution is 2.23. The van der Waals surface area contributed by atoms with Crippen LogP contribution < -0.4 is 9.47 Å². The second-order valence-electron chi connectivity index (χ2n) is 13.4. The van der Waals surface area contributed by atoms with Gasteiger partial charge in [0.15, 0.2) is 0 Å². The average Bonchev–Trinajstić information content (AvgIpc) is 2.78. The summed E-state index contributed by atoms with van der Waals surface area (Å²) in [5, 5.41) is 0. The van der Waals surface area contributed by atoms with Gasteiger partial charge in [0.2, 0.25) is 0 Å². The van der Waals surface area contributed by atoms with Crippen molar-refractivity contribution < 1.29 is 9.47 Å². The second kappa shape index (κ2) is 14.9. The quantitative estimate of drug-likeness (QED) is 0.344. The Labute approximate surface area is 228 Å². The van der Waals surface area contributed by atoms with E-state index in [9.17, 15) is 0 Å². The Morgan fingerprint density at radius 2 is 0.838 bits per heavy atom. The van der Waals surface area contributed by atoms with Crippen molar-refractivity contribution in [1.29, 1.82) is 0 Å². The van der Waals surface area contributed by atoms with Crippen LogP contribution in [0.4, 0.5) is 0 Å². The fourth-order valence-corrected chi connectivity index (χ4v) is 3.96. The molecule has 0 fully saturated rings. The molecule has 0 saturated carbocycles. The standard InChI is InChI=1S/2C12H18O.C11H16/c1-12(2,3)9-10-5-7-11(13-4)8-6-10;1-12(2,3)9-10-6-5-7-11(8-10)13-4;1-11(2,3)9-10-7-5-4-6-8-10/h2*5-8H,9H2,1-4H3;4-8H,9H2,1-3H3. The highest BCUT2D eigenvalue weighted by molar-refractivity contribution is 5.29. The minimum atomic E-state index is 0.340. The molecule has 0 saturated heterocycles. The summed E-state index contributed by atoms with van der Waals surface area (Å²) in [5.41, 5.74) is 5.24. The van der Waals surface area contributed by atoms with Gasteiger partial charge in [0.05, 0.1) is 14.2 Å². The summed E-state index contributed by atoms with van der Waals surface area (Å²) in [6, 6.07) is 27.2. The van der Waals surface area contributed by atoms with Gasteiger partial charge in [-0.2, -0.15) is 0 Å². The van der Waals surface area contributed by atoms with Gasteiger partial charge in [-0.05, 0) is 76.5 Å². The van der Waals surface area contributed by atoms with Gasteiger partial charge in [-0.3, -0.25) is 0 Å². The number of rotatable bonds is 5. The zero-order valence-corrected chi connectivity index (χ0v) is 25.4. The summed E-state index contributed by atoms with van der Waals surface area (Å²) in [5.74, 6) is 1.87. The highest BCUT2D eigenvalue weighted by Gasteiger charge is 2.12. The van der Waals surface area contributed by atoms with Crippen molar-refractivity contribution in [2.24, 2.45) is 16.2 Å². The summed E-state index contributed by atoms with van der Waals surface area (Å²) >= 11 is 0. The first-order chi connectivity index (χ1) is 17.1. The molecule has 0 aliphatic rings. The molecule has 2 nitrogen and oxygen atoms in total. The van der Waals surface area contributed by atoms with Crippen LogP contribution in [0.25, 0.3) is 0 Å². The van der Waals surface area contributed by atoms with Crippen LogP contribution in [0.15, 0.2) is 78.9 Å². The van der Waals surface area contributed by atoms with Gasteiger partial charge in [0.25, 0.3) is 0 Å².